The van der Waals surface area contributed by atoms with Crippen molar-refractivity contribution in [1.29, 1.82) is 0 Å². The highest BCUT2D eigenvalue weighted by Gasteiger charge is 2.19. The fourth-order valence-electron chi connectivity index (χ4n) is 3.60. The van der Waals surface area contributed by atoms with Crippen LogP contribution in [0.3, 0.4) is 0 Å². The van der Waals surface area contributed by atoms with Gasteiger partial charge in [0, 0.05) is 25.0 Å². The van der Waals surface area contributed by atoms with Crippen molar-refractivity contribution in [2.24, 2.45) is 0 Å². The molecule has 0 saturated carbocycles. The number of fused-ring (bicyclic) bond motifs is 1. The van der Waals surface area contributed by atoms with Gasteiger partial charge >= 0.3 is 0 Å². The number of rotatable bonds is 9. The van der Waals surface area contributed by atoms with Gasteiger partial charge in [-0.15, -0.1) is 0 Å². The first-order valence-electron chi connectivity index (χ1n) is 10.5. The first kappa shape index (κ1) is 21.5. The Morgan fingerprint density at radius 1 is 1.16 bits per heavy atom. The summed E-state index contributed by atoms with van der Waals surface area (Å²) in [5, 5.41) is 3.95. The lowest BCUT2D eigenvalue weighted by molar-refractivity contribution is -0.123. The highest BCUT2D eigenvalue weighted by Crippen LogP contribution is 2.27. The van der Waals surface area contributed by atoms with Crippen molar-refractivity contribution < 1.29 is 19.0 Å². The van der Waals surface area contributed by atoms with Crippen molar-refractivity contribution in [3.8, 4) is 11.5 Å². The van der Waals surface area contributed by atoms with Crippen LogP contribution < -0.4 is 14.8 Å². The first-order chi connectivity index (χ1) is 15.2. The van der Waals surface area contributed by atoms with Crippen LogP contribution in [-0.2, 0) is 16.1 Å². The molecule has 1 aromatic heterocycles. The van der Waals surface area contributed by atoms with Crippen molar-refractivity contribution in [3.05, 3.63) is 48.5 Å². The van der Waals surface area contributed by atoms with Gasteiger partial charge in [0.1, 0.15) is 6.54 Å². The largest absolute Gasteiger partial charge is 0.493 e. The lowest BCUT2D eigenvalue weighted by Crippen LogP contribution is -2.40. The van der Waals surface area contributed by atoms with Gasteiger partial charge in [0.2, 0.25) is 5.91 Å². The van der Waals surface area contributed by atoms with Gasteiger partial charge in [0.05, 0.1) is 24.8 Å². The van der Waals surface area contributed by atoms with E-state index in [9.17, 15) is 4.79 Å². The Balaban J connectivity index is 1.40. The van der Waals surface area contributed by atoms with Crippen LogP contribution in [0, 0.1) is 0 Å². The minimum Gasteiger partial charge on any atom is -0.493 e. The molecular weight excluding hydrogens is 414 g/mol. The number of methoxy groups -OCH3 is 1. The summed E-state index contributed by atoms with van der Waals surface area (Å²) in [7, 11) is 1.63. The second-order valence-electron chi connectivity index (χ2n) is 7.27. The van der Waals surface area contributed by atoms with Crippen molar-refractivity contribution >= 4 is 28.7 Å². The molecule has 2 heterocycles. The predicted octanol–water partition coefficient (Wildman–Crippen LogP) is 3.51. The van der Waals surface area contributed by atoms with Gasteiger partial charge in [-0.25, -0.2) is 4.98 Å². The molecule has 31 heavy (non-hydrogen) atoms. The number of hydrogen-bond acceptors (Lipinski definition) is 6. The van der Waals surface area contributed by atoms with E-state index in [1.54, 1.807) is 18.9 Å². The molecule has 8 heteroatoms. The summed E-state index contributed by atoms with van der Waals surface area (Å²) in [6, 6.07) is 15.7. The lowest BCUT2D eigenvalue weighted by Gasteiger charge is -2.23. The maximum absolute atomic E-state index is 12.7. The van der Waals surface area contributed by atoms with E-state index in [0.29, 0.717) is 31.3 Å². The maximum atomic E-state index is 12.7. The Bertz CT molecular complexity index is 1020. The lowest BCUT2D eigenvalue weighted by atomic mass is 10.1. The molecule has 4 rings (SSSR count). The number of nitrogens with one attached hydrogen (secondary N) is 1. The minimum absolute atomic E-state index is 0.00201. The van der Waals surface area contributed by atoms with E-state index in [4.69, 9.17) is 19.2 Å². The fourth-order valence-corrected chi connectivity index (χ4v) is 4.43. The second kappa shape index (κ2) is 10.5. The molecule has 1 aliphatic heterocycles. The van der Waals surface area contributed by atoms with Gasteiger partial charge in [-0.3, -0.25) is 4.79 Å². The van der Waals surface area contributed by atoms with Crippen molar-refractivity contribution in [1.82, 2.24) is 14.9 Å². The number of nitrogens with zero attached hydrogens (tertiary/aromatic N) is 2. The van der Waals surface area contributed by atoms with E-state index in [1.807, 2.05) is 53.1 Å². The van der Waals surface area contributed by atoms with E-state index in [-0.39, 0.29) is 18.5 Å². The zero-order valence-corrected chi connectivity index (χ0v) is 18.4. The SMILES string of the molecule is COc1ccccc1OCCSc1nc2ccccc2n1CC(=O)NC1CCOCC1. The Hall–Kier alpha value is -2.71. The summed E-state index contributed by atoms with van der Waals surface area (Å²) in [4.78, 5) is 17.4. The zero-order chi connectivity index (χ0) is 21.5. The molecule has 1 aliphatic rings. The van der Waals surface area contributed by atoms with Crippen LogP contribution in [0.1, 0.15) is 12.8 Å². The summed E-state index contributed by atoms with van der Waals surface area (Å²) in [5.74, 6) is 2.13. The minimum atomic E-state index is 0.00201. The van der Waals surface area contributed by atoms with E-state index in [1.165, 1.54) is 0 Å². The van der Waals surface area contributed by atoms with Gasteiger partial charge in [-0.05, 0) is 37.1 Å². The molecule has 0 radical (unpaired) electrons. The molecular formula is C23H27N3O4S. The summed E-state index contributed by atoms with van der Waals surface area (Å²) in [5.41, 5.74) is 1.84. The molecule has 2 aromatic carbocycles. The quantitative estimate of drug-likeness (QED) is 0.405. The number of carbonyl (C=O) groups is 1. The summed E-state index contributed by atoms with van der Waals surface area (Å²) >= 11 is 1.58. The third kappa shape index (κ3) is 5.51. The average molecular weight is 442 g/mol. The Morgan fingerprint density at radius 2 is 1.90 bits per heavy atom. The van der Waals surface area contributed by atoms with Gasteiger partial charge < -0.3 is 24.1 Å². The van der Waals surface area contributed by atoms with Gasteiger partial charge in [-0.1, -0.05) is 36.0 Å². The van der Waals surface area contributed by atoms with E-state index < -0.39 is 0 Å². The van der Waals surface area contributed by atoms with Crippen LogP contribution in [-0.4, -0.2) is 54.2 Å². The summed E-state index contributed by atoms with van der Waals surface area (Å²) in [6.45, 7) is 2.15. The highest BCUT2D eigenvalue weighted by molar-refractivity contribution is 7.99. The van der Waals surface area contributed by atoms with Crippen molar-refractivity contribution in [3.63, 3.8) is 0 Å². The number of carbonyl (C=O) groups excluding carboxylic acids is 1. The first-order valence-corrected chi connectivity index (χ1v) is 11.4. The van der Waals surface area contributed by atoms with Gasteiger partial charge in [-0.2, -0.15) is 0 Å². The van der Waals surface area contributed by atoms with Gasteiger partial charge in [0.25, 0.3) is 0 Å². The molecule has 1 N–H and O–H groups in total. The topological polar surface area (TPSA) is 74.6 Å². The third-order valence-electron chi connectivity index (χ3n) is 5.15. The van der Waals surface area contributed by atoms with E-state index in [2.05, 4.69) is 5.32 Å². The Morgan fingerprint density at radius 3 is 2.71 bits per heavy atom. The second-order valence-corrected chi connectivity index (χ2v) is 8.33. The number of thioether (sulfide) groups is 1. The van der Waals surface area contributed by atoms with Crippen molar-refractivity contribution in [2.75, 3.05) is 32.7 Å². The molecule has 0 spiro atoms. The monoisotopic (exact) mass is 441 g/mol. The smallest absolute Gasteiger partial charge is 0.240 e. The van der Waals surface area contributed by atoms with Crippen molar-refractivity contribution in [2.45, 2.75) is 30.6 Å². The standard InChI is InChI=1S/C23H27N3O4S/c1-28-20-8-4-5-9-21(20)30-14-15-31-23-25-18-6-2-3-7-19(18)26(23)16-22(27)24-17-10-12-29-13-11-17/h2-9,17H,10-16H2,1H3,(H,24,27). The summed E-state index contributed by atoms with van der Waals surface area (Å²) in [6.07, 6.45) is 1.72. The van der Waals surface area contributed by atoms with E-state index >= 15 is 0 Å². The molecule has 7 nitrogen and oxygen atoms in total. The molecule has 1 amide bonds. The van der Waals surface area contributed by atoms with Crippen LogP contribution in [0.5, 0.6) is 11.5 Å². The maximum Gasteiger partial charge on any atom is 0.240 e. The van der Waals surface area contributed by atoms with E-state index in [0.717, 1.165) is 34.8 Å². The molecule has 0 unspecified atom stereocenters. The normalized spacial score (nSPS) is 14.5. The molecule has 1 saturated heterocycles. The number of aromatic nitrogens is 2. The third-order valence-corrected chi connectivity index (χ3v) is 6.09. The number of imidazole rings is 1. The molecule has 3 aromatic rings. The highest BCUT2D eigenvalue weighted by atomic mass is 32.2. The number of para-hydroxylation sites is 4. The zero-order valence-electron chi connectivity index (χ0n) is 17.6. The predicted molar refractivity (Wildman–Crippen MR) is 121 cm³/mol. The molecule has 1 fully saturated rings. The molecule has 0 atom stereocenters. The Labute approximate surface area is 186 Å². The average Bonchev–Trinajstić information content (AvgIpc) is 3.14. The number of ether oxygens (including phenoxy) is 3. The van der Waals surface area contributed by atoms with Crippen LogP contribution in [0.2, 0.25) is 0 Å². The Kier molecular flexibility index (Phi) is 7.32. The molecule has 164 valence electrons. The number of amides is 1. The van der Waals surface area contributed by atoms with Crippen LogP contribution in [0.25, 0.3) is 11.0 Å². The number of hydrogen-bond donors (Lipinski definition) is 1. The molecule has 0 bridgehead atoms. The van der Waals surface area contributed by atoms with Crippen LogP contribution >= 0.6 is 11.8 Å². The number of benzene rings is 2. The van der Waals surface area contributed by atoms with Crippen LogP contribution in [0.4, 0.5) is 0 Å². The van der Waals surface area contributed by atoms with Gasteiger partial charge in [0.15, 0.2) is 16.7 Å². The van der Waals surface area contributed by atoms with Crippen LogP contribution in [0.15, 0.2) is 53.7 Å². The summed E-state index contributed by atoms with van der Waals surface area (Å²) < 4.78 is 18.6. The fraction of sp³-hybridized carbons (Fsp3) is 0.391. The molecule has 0 aliphatic carbocycles.